The van der Waals surface area contributed by atoms with E-state index in [1.807, 2.05) is 30.1 Å². The van der Waals surface area contributed by atoms with E-state index in [2.05, 4.69) is 4.90 Å². The molecule has 1 fully saturated rings. The average Bonchev–Trinajstić information content (AvgIpc) is 2.78. The van der Waals surface area contributed by atoms with Gasteiger partial charge in [0.25, 0.3) is 0 Å². The van der Waals surface area contributed by atoms with E-state index in [9.17, 15) is 9.59 Å². The number of carbonyl (C=O) groups is 2. The molecule has 0 spiro atoms. The molecule has 0 aromatic carbocycles. The molecule has 2 rings (SSSR count). The van der Waals surface area contributed by atoms with E-state index in [-0.39, 0.29) is 5.78 Å². The van der Waals surface area contributed by atoms with Gasteiger partial charge in [-0.15, -0.1) is 0 Å². The third-order valence-corrected chi connectivity index (χ3v) is 3.45. The number of aromatic nitrogens is 1. The first-order valence-electron chi connectivity index (χ1n) is 6.54. The third-order valence-electron chi connectivity index (χ3n) is 3.45. The highest BCUT2D eigenvalue weighted by molar-refractivity contribution is 5.95. The lowest BCUT2D eigenvalue weighted by atomic mass is 10.1. The van der Waals surface area contributed by atoms with Crippen molar-refractivity contribution in [2.75, 3.05) is 19.6 Å². The Balaban J connectivity index is 1.69. The van der Waals surface area contributed by atoms with Crippen molar-refractivity contribution in [2.24, 2.45) is 7.05 Å². The summed E-state index contributed by atoms with van der Waals surface area (Å²) in [6.45, 7) is 2.64. The van der Waals surface area contributed by atoms with Crippen LogP contribution in [0.3, 0.4) is 0 Å². The van der Waals surface area contributed by atoms with Gasteiger partial charge in [-0.2, -0.15) is 0 Å². The van der Waals surface area contributed by atoms with Crippen LogP contribution in [0.5, 0.6) is 0 Å². The minimum absolute atomic E-state index is 0.212. The van der Waals surface area contributed by atoms with Gasteiger partial charge in [0.2, 0.25) is 0 Å². The van der Waals surface area contributed by atoms with Gasteiger partial charge in [0.05, 0.1) is 0 Å². The molecule has 1 aromatic rings. The molecule has 0 bridgehead atoms. The lowest BCUT2D eigenvalue weighted by Gasteiger charge is -2.25. The summed E-state index contributed by atoms with van der Waals surface area (Å²) in [5, 5.41) is 0. The first kappa shape index (κ1) is 13.0. The van der Waals surface area contributed by atoms with Crippen molar-refractivity contribution in [3.63, 3.8) is 0 Å². The van der Waals surface area contributed by atoms with Gasteiger partial charge >= 0.3 is 0 Å². The monoisotopic (exact) mass is 248 g/mol. The molecule has 1 aliphatic heterocycles. The molecule has 0 unspecified atom stereocenters. The van der Waals surface area contributed by atoms with Crippen molar-refractivity contribution in [3.05, 3.63) is 24.0 Å². The number of rotatable bonds is 5. The number of ketones is 2. The number of nitrogens with zero attached hydrogens (tertiary/aromatic N) is 2. The highest BCUT2D eigenvalue weighted by Gasteiger charge is 2.16. The van der Waals surface area contributed by atoms with Gasteiger partial charge in [-0.05, 0) is 19.0 Å². The van der Waals surface area contributed by atoms with E-state index in [4.69, 9.17) is 0 Å². The van der Waals surface area contributed by atoms with Crippen LogP contribution in [0.1, 0.15) is 36.0 Å². The maximum absolute atomic E-state index is 11.9. The van der Waals surface area contributed by atoms with Gasteiger partial charge in [0.15, 0.2) is 5.78 Å². The van der Waals surface area contributed by atoms with E-state index in [0.29, 0.717) is 25.0 Å². The van der Waals surface area contributed by atoms with Gasteiger partial charge in [-0.1, -0.05) is 0 Å². The molecule has 98 valence electrons. The Morgan fingerprint density at radius 1 is 1.33 bits per heavy atom. The highest BCUT2D eigenvalue weighted by atomic mass is 16.1. The zero-order chi connectivity index (χ0) is 13.0. The van der Waals surface area contributed by atoms with Gasteiger partial charge < -0.3 is 9.47 Å². The fraction of sp³-hybridized carbons (Fsp3) is 0.571. The number of hydrogen-bond donors (Lipinski definition) is 0. The van der Waals surface area contributed by atoms with Gasteiger partial charge in [0, 0.05) is 57.4 Å². The van der Waals surface area contributed by atoms with Crippen LogP contribution in [-0.2, 0) is 11.8 Å². The second-order valence-electron chi connectivity index (χ2n) is 4.97. The Morgan fingerprint density at radius 2 is 2.06 bits per heavy atom. The van der Waals surface area contributed by atoms with Crippen LogP contribution in [0.15, 0.2) is 18.5 Å². The van der Waals surface area contributed by atoms with E-state index < -0.39 is 0 Å². The van der Waals surface area contributed by atoms with Crippen LogP contribution >= 0.6 is 0 Å². The molecule has 1 aromatic heterocycles. The van der Waals surface area contributed by atoms with Crippen LogP contribution in [0.25, 0.3) is 0 Å². The Hall–Kier alpha value is -1.42. The molecule has 0 amide bonds. The number of Topliss-reactive ketones (excluding diaryl/α,β-unsaturated/α-hetero) is 2. The minimum Gasteiger partial charge on any atom is -0.357 e. The van der Waals surface area contributed by atoms with E-state index in [1.165, 1.54) is 0 Å². The molecule has 1 saturated heterocycles. The summed E-state index contributed by atoms with van der Waals surface area (Å²) >= 11 is 0. The maximum Gasteiger partial charge on any atom is 0.164 e. The second kappa shape index (κ2) is 5.96. The Kier molecular flexibility index (Phi) is 4.31. The lowest BCUT2D eigenvalue weighted by molar-refractivity contribution is -0.121. The van der Waals surface area contributed by atoms with Crippen molar-refractivity contribution >= 4 is 11.6 Å². The summed E-state index contributed by atoms with van der Waals surface area (Å²) in [5.74, 6) is 0.579. The summed E-state index contributed by atoms with van der Waals surface area (Å²) in [4.78, 5) is 25.2. The molecule has 0 saturated carbocycles. The molecule has 4 heteroatoms. The molecular weight excluding hydrogens is 228 g/mol. The first-order valence-corrected chi connectivity index (χ1v) is 6.54. The number of carbonyl (C=O) groups excluding carboxylic acids is 2. The lowest BCUT2D eigenvalue weighted by Crippen LogP contribution is -2.34. The molecule has 0 N–H and O–H groups in total. The van der Waals surface area contributed by atoms with Gasteiger partial charge in [-0.25, -0.2) is 0 Å². The Morgan fingerprint density at radius 3 is 2.67 bits per heavy atom. The predicted octanol–water partition coefficient (Wildman–Crippen LogP) is 1.65. The number of aryl methyl sites for hydroxylation is 1. The molecule has 2 heterocycles. The van der Waals surface area contributed by atoms with Crippen LogP contribution in [0.2, 0.25) is 0 Å². The summed E-state index contributed by atoms with van der Waals surface area (Å²) in [7, 11) is 1.92. The Bertz CT molecular complexity index is 427. The van der Waals surface area contributed by atoms with E-state index in [0.717, 1.165) is 31.6 Å². The summed E-state index contributed by atoms with van der Waals surface area (Å²) in [5.41, 5.74) is 0.798. The van der Waals surface area contributed by atoms with Crippen LogP contribution in [0.4, 0.5) is 0 Å². The zero-order valence-corrected chi connectivity index (χ0v) is 10.9. The SMILES string of the molecule is Cn1ccc(C(=O)CCCN2CCC(=O)CC2)c1. The fourth-order valence-electron chi connectivity index (χ4n) is 2.30. The molecular formula is C14H20N2O2. The number of likely N-dealkylation sites (tertiary alicyclic amines) is 1. The van der Waals surface area contributed by atoms with Crippen LogP contribution < -0.4 is 0 Å². The van der Waals surface area contributed by atoms with Crippen LogP contribution in [-0.4, -0.2) is 40.7 Å². The average molecular weight is 248 g/mol. The molecule has 4 nitrogen and oxygen atoms in total. The predicted molar refractivity (Wildman–Crippen MR) is 69.7 cm³/mol. The van der Waals surface area contributed by atoms with Crippen molar-refractivity contribution in [3.8, 4) is 0 Å². The first-order chi connectivity index (χ1) is 8.65. The van der Waals surface area contributed by atoms with Crippen LogP contribution in [0, 0.1) is 0 Å². The maximum atomic E-state index is 11.9. The topological polar surface area (TPSA) is 42.3 Å². The highest BCUT2D eigenvalue weighted by Crippen LogP contribution is 2.09. The molecule has 18 heavy (non-hydrogen) atoms. The van der Waals surface area contributed by atoms with Crippen molar-refractivity contribution in [1.29, 1.82) is 0 Å². The molecule has 0 atom stereocenters. The molecule has 0 aliphatic carbocycles. The summed E-state index contributed by atoms with van der Waals surface area (Å²) in [6.07, 6.45) is 6.57. The normalized spacial score (nSPS) is 17.1. The third kappa shape index (κ3) is 3.53. The van der Waals surface area contributed by atoms with Crippen molar-refractivity contribution in [1.82, 2.24) is 9.47 Å². The van der Waals surface area contributed by atoms with Crippen molar-refractivity contribution < 1.29 is 9.59 Å². The minimum atomic E-state index is 0.212. The van der Waals surface area contributed by atoms with Gasteiger partial charge in [-0.3, -0.25) is 9.59 Å². The Labute approximate surface area is 108 Å². The molecule has 1 aliphatic rings. The number of piperidine rings is 1. The standard InChI is InChI=1S/C14H20N2O2/c1-15-8-4-12(11-15)14(18)3-2-7-16-9-5-13(17)6-10-16/h4,8,11H,2-3,5-7,9-10H2,1H3. The number of hydrogen-bond acceptors (Lipinski definition) is 3. The largest absolute Gasteiger partial charge is 0.357 e. The summed E-state index contributed by atoms with van der Waals surface area (Å²) < 4.78 is 1.89. The van der Waals surface area contributed by atoms with E-state index in [1.54, 1.807) is 0 Å². The smallest absolute Gasteiger partial charge is 0.164 e. The quantitative estimate of drug-likeness (QED) is 0.744. The van der Waals surface area contributed by atoms with Crippen molar-refractivity contribution in [2.45, 2.75) is 25.7 Å². The second-order valence-corrected chi connectivity index (χ2v) is 4.97. The van der Waals surface area contributed by atoms with E-state index >= 15 is 0 Å². The fourth-order valence-corrected chi connectivity index (χ4v) is 2.30. The molecule has 0 radical (unpaired) electrons. The zero-order valence-electron chi connectivity index (χ0n) is 10.9. The summed E-state index contributed by atoms with van der Waals surface area (Å²) in [6, 6.07) is 1.86. The van der Waals surface area contributed by atoms with Gasteiger partial charge in [0.1, 0.15) is 5.78 Å².